The Balaban J connectivity index is 1.91. The maximum Gasteiger partial charge on any atom is 0.0587 e. The van der Waals surface area contributed by atoms with Crippen LogP contribution in [0, 0.1) is 5.41 Å². The van der Waals surface area contributed by atoms with Crippen molar-refractivity contribution in [1.82, 2.24) is 5.32 Å². The smallest absolute Gasteiger partial charge is 0.0587 e. The highest BCUT2D eigenvalue weighted by Gasteiger charge is 2.33. The van der Waals surface area contributed by atoms with Crippen molar-refractivity contribution < 1.29 is 4.74 Å². The van der Waals surface area contributed by atoms with Gasteiger partial charge in [-0.3, -0.25) is 0 Å². The molecule has 1 aliphatic carbocycles. The van der Waals surface area contributed by atoms with Crippen molar-refractivity contribution in [1.29, 1.82) is 0 Å². The van der Waals surface area contributed by atoms with Gasteiger partial charge < -0.3 is 10.1 Å². The van der Waals surface area contributed by atoms with Gasteiger partial charge in [0.05, 0.1) is 6.61 Å². The van der Waals surface area contributed by atoms with Gasteiger partial charge in [0.25, 0.3) is 0 Å². The summed E-state index contributed by atoms with van der Waals surface area (Å²) in [5, 5.41) is 3.59. The van der Waals surface area contributed by atoms with E-state index >= 15 is 0 Å². The molecule has 0 bridgehead atoms. The fraction of sp³-hybridized carbons (Fsp3) is 0.750. The van der Waals surface area contributed by atoms with Gasteiger partial charge in [-0.1, -0.05) is 19.8 Å². The molecule has 2 rings (SSSR count). The number of hydrogen-bond donors (Lipinski definition) is 1. The molecule has 3 heteroatoms. The molecular formula is C16H27NOS. The Morgan fingerprint density at radius 3 is 2.63 bits per heavy atom. The minimum absolute atomic E-state index is 0.504. The highest BCUT2D eigenvalue weighted by molar-refractivity contribution is 7.11. The molecule has 1 N–H and O–H groups in total. The van der Waals surface area contributed by atoms with Crippen LogP contribution < -0.4 is 5.32 Å². The van der Waals surface area contributed by atoms with Crippen molar-refractivity contribution in [2.75, 3.05) is 26.8 Å². The van der Waals surface area contributed by atoms with E-state index in [0.717, 1.165) is 19.7 Å². The number of methoxy groups -OCH3 is 1. The number of aryl methyl sites for hydroxylation is 1. The monoisotopic (exact) mass is 281 g/mol. The lowest BCUT2D eigenvalue weighted by Gasteiger charge is -2.29. The first-order chi connectivity index (χ1) is 9.28. The van der Waals surface area contributed by atoms with Gasteiger partial charge >= 0.3 is 0 Å². The van der Waals surface area contributed by atoms with E-state index < -0.39 is 0 Å². The molecule has 108 valence electrons. The van der Waals surface area contributed by atoms with Crippen LogP contribution in [-0.2, 0) is 17.6 Å². The average Bonchev–Trinajstić information content (AvgIpc) is 3.05. The minimum atomic E-state index is 0.504. The van der Waals surface area contributed by atoms with Crippen LogP contribution in [0.15, 0.2) is 12.1 Å². The molecule has 0 aromatic carbocycles. The molecule has 0 atom stereocenters. The third-order valence-electron chi connectivity index (χ3n) is 4.26. The van der Waals surface area contributed by atoms with E-state index in [2.05, 4.69) is 24.4 Å². The fourth-order valence-electron chi connectivity index (χ4n) is 3.15. The molecule has 0 saturated heterocycles. The Morgan fingerprint density at radius 1 is 1.26 bits per heavy atom. The van der Waals surface area contributed by atoms with Gasteiger partial charge in [-0.15, -0.1) is 11.3 Å². The van der Waals surface area contributed by atoms with Gasteiger partial charge in [0.2, 0.25) is 0 Å². The summed E-state index contributed by atoms with van der Waals surface area (Å²) < 4.78 is 5.12. The Bertz CT molecular complexity index is 369. The summed E-state index contributed by atoms with van der Waals surface area (Å²) in [6.45, 7) is 5.18. The van der Waals surface area contributed by atoms with Crippen LogP contribution in [0.25, 0.3) is 0 Å². The van der Waals surface area contributed by atoms with Crippen LogP contribution in [0.2, 0.25) is 0 Å². The second kappa shape index (κ2) is 7.41. The van der Waals surface area contributed by atoms with Crippen molar-refractivity contribution in [2.45, 2.75) is 45.4 Å². The summed E-state index contributed by atoms with van der Waals surface area (Å²) in [6.07, 6.45) is 8.00. The van der Waals surface area contributed by atoms with E-state index in [1.807, 2.05) is 11.3 Å². The van der Waals surface area contributed by atoms with Gasteiger partial charge in [0.15, 0.2) is 0 Å². The molecule has 0 unspecified atom stereocenters. The molecule has 2 nitrogen and oxygen atoms in total. The maximum atomic E-state index is 5.12. The summed E-state index contributed by atoms with van der Waals surface area (Å²) in [5.74, 6) is 0. The van der Waals surface area contributed by atoms with Crippen LogP contribution in [0.5, 0.6) is 0 Å². The molecular weight excluding hydrogens is 254 g/mol. The Kier molecular flexibility index (Phi) is 5.86. The van der Waals surface area contributed by atoms with Crippen molar-refractivity contribution in [3.8, 4) is 0 Å². The van der Waals surface area contributed by atoms with Crippen molar-refractivity contribution in [3.63, 3.8) is 0 Å². The van der Waals surface area contributed by atoms with Gasteiger partial charge in [-0.05, 0) is 43.2 Å². The van der Waals surface area contributed by atoms with Crippen LogP contribution in [0.4, 0.5) is 0 Å². The summed E-state index contributed by atoms with van der Waals surface area (Å²) in [4.78, 5) is 3.10. The van der Waals surface area contributed by atoms with Gasteiger partial charge in [-0.2, -0.15) is 0 Å². The summed E-state index contributed by atoms with van der Waals surface area (Å²) in [5.41, 5.74) is 0.504. The first kappa shape index (κ1) is 15.0. The van der Waals surface area contributed by atoms with E-state index in [9.17, 15) is 0 Å². The highest BCUT2D eigenvalue weighted by atomic mass is 32.1. The van der Waals surface area contributed by atoms with E-state index in [1.165, 1.54) is 43.4 Å². The standard InChI is InChI=1S/C16H27NOS/c1-3-14-6-7-15(19-14)12-16(8-4-5-9-16)13-17-10-11-18-2/h6-7,17H,3-5,8-13H2,1-2H3. The second-order valence-electron chi connectivity index (χ2n) is 5.78. The largest absolute Gasteiger partial charge is 0.383 e. The van der Waals surface area contributed by atoms with Gasteiger partial charge in [0, 0.05) is 30.0 Å². The van der Waals surface area contributed by atoms with E-state index in [0.29, 0.717) is 5.41 Å². The lowest BCUT2D eigenvalue weighted by molar-refractivity contribution is 0.190. The zero-order valence-corrected chi connectivity index (χ0v) is 13.2. The van der Waals surface area contributed by atoms with Gasteiger partial charge in [0.1, 0.15) is 0 Å². The van der Waals surface area contributed by atoms with Crippen LogP contribution in [-0.4, -0.2) is 26.8 Å². The minimum Gasteiger partial charge on any atom is -0.383 e. The summed E-state index contributed by atoms with van der Waals surface area (Å²) >= 11 is 2.01. The SMILES string of the molecule is CCc1ccc(CC2(CNCCOC)CCCC2)s1. The fourth-order valence-corrected chi connectivity index (χ4v) is 4.28. The third-order valence-corrected chi connectivity index (χ3v) is 5.49. The molecule has 0 aliphatic heterocycles. The highest BCUT2D eigenvalue weighted by Crippen LogP contribution is 2.41. The number of ether oxygens (including phenoxy) is 1. The molecule has 1 fully saturated rings. The number of hydrogen-bond acceptors (Lipinski definition) is 3. The van der Waals surface area contributed by atoms with Crippen molar-refractivity contribution >= 4 is 11.3 Å². The summed E-state index contributed by atoms with van der Waals surface area (Å²) in [6, 6.07) is 4.65. The third kappa shape index (κ3) is 4.30. The summed E-state index contributed by atoms with van der Waals surface area (Å²) in [7, 11) is 1.77. The normalized spacial score (nSPS) is 18.0. The van der Waals surface area contributed by atoms with Crippen LogP contribution >= 0.6 is 11.3 Å². The predicted molar refractivity (Wildman–Crippen MR) is 83.0 cm³/mol. The molecule has 1 aliphatic rings. The topological polar surface area (TPSA) is 21.3 Å². The quantitative estimate of drug-likeness (QED) is 0.734. The molecule has 19 heavy (non-hydrogen) atoms. The van der Waals surface area contributed by atoms with E-state index in [4.69, 9.17) is 4.74 Å². The number of rotatable bonds is 8. The van der Waals surface area contributed by atoms with Gasteiger partial charge in [-0.25, -0.2) is 0 Å². The first-order valence-corrected chi connectivity index (χ1v) is 8.37. The Labute approximate surface area is 121 Å². The predicted octanol–water partition coefficient (Wildman–Crippen LogP) is 3.65. The Hall–Kier alpha value is -0.380. The molecule has 0 radical (unpaired) electrons. The molecule has 0 spiro atoms. The molecule has 1 heterocycles. The van der Waals surface area contributed by atoms with Crippen molar-refractivity contribution in [3.05, 3.63) is 21.9 Å². The number of nitrogens with one attached hydrogen (secondary N) is 1. The van der Waals surface area contributed by atoms with Crippen molar-refractivity contribution in [2.24, 2.45) is 5.41 Å². The van der Waals surface area contributed by atoms with Crippen LogP contribution in [0.1, 0.15) is 42.4 Å². The zero-order valence-electron chi connectivity index (χ0n) is 12.3. The lowest BCUT2D eigenvalue weighted by Crippen LogP contribution is -2.35. The van der Waals surface area contributed by atoms with E-state index in [1.54, 1.807) is 12.0 Å². The lowest BCUT2D eigenvalue weighted by atomic mass is 9.82. The van der Waals surface area contributed by atoms with E-state index in [-0.39, 0.29) is 0 Å². The average molecular weight is 281 g/mol. The molecule has 0 amide bonds. The maximum absolute atomic E-state index is 5.12. The Morgan fingerprint density at radius 2 is 2.00 bits per heavy atom. The molecule has 1 aromatic rings. The second-order valence-corrected chi connectivity index (χ2v) is 7.03. The zero-order chi connectivity index (χ0) is 13.6. The molecule has 1 aromatic heterocycles. The number of thiophene rings is 1. The first-order valence-electron chi connectivity index (χ1n) is 7.55. The molecule has 1 saturated carbocycles. The van der Waals surface area contributed by atoms with Crippen LogP contribution in [0.3, 0.4) is 0 Å².